The van der Waals surface area contributed by atoms with Gasteiger partial charge in [0.25, 0.3) is 5.56 Å². The van der Waals surface area contributed by atoms with Crippen LogP contribution in [0.4, 0.5) is 0 Å². The monoisotopic (exact) mass is 236 g/mol. The molecule has 0 saturated heterocycles. The van der Waals surface area contributed by atoms with Gasteiger partial charge in [-0.2, -0.15) is 0 Å². The van der Waals surface area contributed by atoms with E-state index in [0.717, 1.165) is 41.7 Å². The van der Waals surface area contributed by atoms with E-state index in [-0.39, 0.29) is 18.0 Å². The fourth-order valence-electron chi connectivity index (χ4n) is 2.22. The summed E-state index contributed by atoms with van der Waals surface area (Å²) in [6, 6.07) is 3.90. The first-order valence-corrected chi connectivity index (χ1v) is 5.26. The number of halogens is 1. The van der Waals surface area contributed by atoms with Crippen LogP contribution in [-0.2, 0) is 12.8 Å². The molecule has 0 amide bonds. The highest BCUT2D eigenvalue weighted by Crippen LogP contribution is 2.17. The number of nitrogens with zero attached hydrogens (tertiary/aromatic N) is 2. The predicted octanol–water partition coefficient (Wildman–Crippen LogP) is 1.91. The highest BCUT2D eigenvalue weighted by atomic mass is 35.5. The smallest absolute Gasteiger partial charge is 0.261 e. The van der Waals surface area contributed by atoms with Crippen LogP contribution in [0, 0.1) is 6.92 Å². The van der Waals surface area contributed by atoms with Gasteiger partial charge in [-0.15, -0.1) is 12.4 Å². The lowest BCUT2D eigenvalue weighted by atomic mass is 10.2. The van der Waals surface area contributed by atoms with Gasteiger partial charge in [0.05, 0.1) is 5.69 Å². The quantitative estimate of drug-likeness (QED) is 0.700. The van der Waals surface area contributed by atoms with E-state index in [9.17, 15) is 4.79 Å². The Morgan fingerprint density at radius 2 is 2.12 bits per heavy atom. The number of aryl methyl sites for hydroxylation is 2. The normalized spacial score (nSPS) is 13.6. The molecule has 2 aromatic heterocycles. The first-order chi connectivity index (χ1) is 7.25. The van der Waals surface area contributed by atoms with Gasteiger partial charge in [-0.3, -0.25) is 9.20 Å². The van der Waals surface area contributed by atoms with Crippen molar-refractivity contribution in [2.75, 3.05) is 0 Å². The molecule has 0 spiro atoms. The van der Waals surface area contributed by atoms with Gasteiger partial charge in [0.2, 0.25) is 0 Å². The van der Waals surface area contributed by atoms with E-state index in [2.05, 4.69) is 4.98 Å². The Kier molecular flexibility index (Phi) is 2.72. The molecule has 4 heteroatoms. The van der Waals surface area contributed by atoms with Crippen molar-refractivity contribution in [1.82, 2.24) is 9.38 Å². The SMILES string of the molecule is Cc1ccc2nc3c(c(=O)n2c1)CCC3.Cl. The zero-order valence-electron chi connectivity index (χ0n) is 9.06. The van der Waals surface area contributed by atoms with Gasteiger partial charge in [-0.05, 0) is 37.8 Å². The zero-order chi connectivity index (χ0) is 10.4. The van der Waals surface area contributed by atoms with Gasteiger partial charge in [-0.1, -0.05) is 6.07 Å². The molecule has 0 bridgehead atoms. The Balaban J connectivity index is 0.000000963. The van der Waals surface area contributed by atoms with E-state index in [4.69, 9.17) is 0 Å². The number of pyridine rings is 1. The maximum atomic E-state index is 12.1. The fraction of sp³-hybridized carbons (Fsp3) is 0.333. The minimum Gasteiger partial charge on any atom is -0.269 e. The average Bonchev–Trinajstić information content (AvgIpc) is 2.68. The maximum absolute atomic E-state index is 12.1. The number of hydrogen-bond acceptors (Lipinski definition) is 2. The van der Waals surface area contributed by atoms with E-state index in [1.165, 1.54) is 0 Å². The van der Waals surface area contributed by atoms with Gasteiger partial charge < -0.3 is 0 Å². The summed E-state index contributed by atoms with van der Waals surface area (Å²) >= 11 is 0. The first kappa shape index (κ1) is 11.1. The van der Waals surface area contributed by atoms with Crippen molar-refractivity contribution < 1.29 is 0 Å². The number of hydrogen-bond donors (Lipinski definition) is 0. The molecule has 0 aromatic carbocycles. The molecular formula is C12H13ClN2O. The third kappa shape index (κ3) is 1.52. The highest BCUT2D eigenvalue weighted by Gasteiger charge is 2.17. The summed E-state index contributed by atoms with van der Waals surface area (Å²) in [4.78, 5) is 16.6. The van der Waals surface area contributed by atoms with Crippen molar-refractivity contribution in [2.45, 2.75) is 26.2 Å². The van der Waals surface area contributed by atoms with Gasteiger partial charge in [0.1, 0.15) is 5.65 Å². The van der Waals surface area contributed by atoms with E-state index >= 15 is 0 Å². The summed E-state index contributed by atoms with van der Waals surface area (Å²) in [5, 5.41) is 0. The second-order valence-corrected chi connectivity index (χ2v) is 4.13. The van der Waals surface area contributed by atoms with Gasteiger partial charge >= 0.3 is 0 Å². The number of aromatic nitrogens is 2. The first-order valence-electron chi connectivity index (χ1n) is 5.26. The molecule has 2 aromatic rings. The molecule has 1 aliphatic carbocycles. The highest BCUT2D eigenvalue weighted by molar-refractivity contribution is 5.85. The fourth-order valence-corrected chi connectivity index (χ4v) is 2.22. The standard InChI is InChI=1S/C12H12N2O.ClH/c1-8-5-6-11-13-10-4-2-3-9(10)12(15)14(11)7-8;/h5-7H,2-4H2,1H3;1H. The van der Waals surface area contributed by atoms with Crippen LogP contribution in [-0.4, -0.2) is 9.38 Å². The molecular weight excluding hydrogens is 224 g/mol. The molecule has 3 rings (SSSR count). The van der Waals surface area contributed by atoms with Crippen LogP contribution < -0.4 is 5.56 Å². The van der Waals surface area contributed by atoms with Gasteiger partial charge in [-0.25, -0.2) is 4.98 Å². The Morgan fingerprint density at radius 3 is 2.94 bits per heavy atom. The Hall–Kier alpha value is -1.35. The molecule has 84 valence electrons. The van der Waals surface area contributed by atoms with E-state index in [1.807, 2.05) is 25.3 Å². The minimum absolute atomic E-state index is 0. The number of fused-ring (bicyclic) bond motifs is 2. The van der Waals surface area contributed by atoms with Crippen LogP contribution in [0.2, 0.25) is 0 Å². The third-order valence-corrected chi connectivity index (χ3v) is 2.99. The zero-order valence-corrected chi connectivity index (χ0v) is 9.88. The van der Waals surface area contributed by atoms with Gasteiger partial charge in [0, 0.05) is 11.8 Å². The van der Waals surface area contributed by atoms with Crippen LogP contribution in [0.3, 0.4) is 0 Å². The van der Waals surface area contributed by atoms with E-state index < -0.39 is 0 Å². The van der Waals surface area contributed by atoms with Crippen LogP contribution in [0.5, 0.6) is 0 Å². The van der Waals surface area contributed by atoms with Crippen molar-refractivity contribution in [1.29, 1.82) is 0 Å². The van der Waals surface area contributed by atoms with Crippen molar-refractivity contribution in [3.63, 3.8) is 0 Å². The Labute approximate surface area is 99.5 Å². The van der Waals surface area contributed by atoms with Gasteiger partial charge in [0.15, 0.2) is 0 Å². The number of rotatable bonds is 0. The van der Waals surface area contributed by atoms with E-state index in [0.29, 0.717) is 0 Å². The molecule has 0 N–H and O–H groups in total. The second kappa shape index (κ2) is 3.91. The minimum atomic E-state index is 0. The van der Waals surface area contributed by atoms with E-state index in [1.54, 1.807) is 4.40 Å². The predicted molar refractivity (Wildman–Crippen MR) is 65.5 cm³/mol. The van der Waals surface area contributed by atoms with Crippen molar-refractivity contribution in [3.8, 4) is 0 Å². The Bertz CT molecular complexity index is 604. The van der Waals surface area contributed by atoms with Crippen molar-refractivity contribution in [2.24, 2.45) is 0 Å². The summed E-state index contributed by atoms with van der Waals surface area (Å²) in [6.07, 6.45) is 4.77. The topological polar surface area (TPSA) is 34.4 Å². The lowest BCUT2D eigenvalue weighted by Gasteiger charge is -2.04. The molecule has 0 unspecified atom stereocenters. The lowest BCUT2D eigenvalue weighted by molar-refractivity contribution is 0.899. The molecule has 0 saturated carbocycles. The van der Waals surface area contributed by atoms with Crippen LogP contribution in [0.25, 0.3) is 5.65 Å². The van der Waals surface area contributed by atoms with Crippen LogP contribution >= 0.6 is 12.4 Å². The lowest BCUT2D eigenvalue weighted by Crippen LogP contribution is -2.19. The second-order valence-electron chi connectivity index (χ2n) is 4.13. The molecule has 0 radical (unpaired) electrons. The van der Waals surface area contributed by atoms with Crippen LogP contribution in [0.1, 0.15) is 23.2 Å². The van der Waals surface area contributed by atoms with Crippen LogP contribution in [0.15, 0.2) is 23.1 Å². The summed E-state index contributed by atoms with van der Waals surface area (Å²) in [5.41, 5.74) is 3.90. The maximum Gasteiger partial charge on any atom is 0.261 e. The molecule has 0 atom stereocenters. The summed E-state index contributed by atoms with van der Waals surface area (Å²) in [5.74, 6) is 0. The molecule has 0 fully saturated rings. The molecule has 16 heavy (non-hydrogen) atoms. The molecule has 3 nitrogen and oxygen atoms in total. The molecule has 2 heterocycles. The average molecular weight is 237 g/mol. The molecule has 1 aliphatic rings. The van der Waals surface area contributed by atoms with Crippen molar-refractivity contribution in [3.05, 3.63) is 45.5 Å². The largest absolute Gasteiger partial charge is 0.269 e. The summed E-state index contributed by atoms with van der Waals surface area (Å²) in [7, 11) is 0. The Morgan fingerprint density at radius 1 is 1.31 bits per heavy atom. The summed E-state index contributed by atoms with van der Waals surface area (Å²) in [6.45, 7) is 1.99. The third-order valence-electron chi connectivity index (χ3n) is 2.99. The summed E-state index contributed by atoms with van der Waals surface area (Å²) < 4.78 is 1.67. The molecule has 0 aliphatic heterocycles. The van der Waals surface area contributed by atoms with Crippen molar-refractivity contribution >= 4 is 18.1 Å².